The van der Waals surface area contributed by atoms with E-state index in [1.807, 2.05) is 0 Å². The van der Waals surface area contributed by atoms with Crippen LogP contribution in [0.2, 0.25) is 0 Å². The molecule has 1 rings (SSSR count). The average Bonchev–Trinajstić information content (AvgIpc) is 2.66. The summed E-state index contributed by atoms with van der Waals surface area (Å²) in [6.45, 7) is 0.255. The first-order chi connectivity index (χ1) is 7.38. The monoisotopic (exact) mass is 289 g/mol. The van der Waals surface area contributed by atoms with Gasteiger partial charge < -0.3 is 14.8 Å². The van der Waals surface area contributed by atoms with E-state index < -0.39 is 28.6 Å². The van der Waals surface area contributed by atoms with E-state index in [0.717, 1.165) is 13.0 Å². The van der Waals surface area contributed by atoms with Gasteiger partial charge >= 0.3 is 12.1 Å². The number of hydrogen-bond donors (Lipinski definition) is 1. The minimum atomic E-state index is -1.71. The number of halogens is 3. The molecule has 1 N–H and O–H groups in total. The van der Waals surface area contributed by atoms with Gasteiger partial charge in [-0.1, -0.05) is 34.8 Å². The average molecular weight is 291 g/mol. The molecule has 8 heteroatoms. The molecule has 1 aliphatic rings. The van der Waals surface area contributed by atoms with Gasteiger partial charge in [0, 0.05) is 0 Å². The zero-order valence-corrected chi connectivity index (χ0v) is 10.4. The number of ether oxygens (including phenoxy) is 2. The third kappa shape index (κ3) is 5.21. The molecule has 0 aromatic carbocycles. The molecular formula is C8H10Cl3NO4. The fourth-order valence-electron chi connectivity index (χ4n) is 1.21. The lowest BCUT2D eigenvalue weighted by atomic mass is 10.2. The van der Waals surface area contributed by atoms with Crippen LogP contribution in [-0.4, -0.2) is 35.1 Å². The Bertz CT molecular complexity index is 273. The van der Waals surface area contributed by atoms with E-state index in [4.69, 9.17) is 34.8 Å². The minimum absolute atomic E-state index is 0.458. The minimum Gasteiger partial charge on any atom is -0.429 e. The summed E-state index contributed by atoms with van der Waals surface area (Å²) in [5.74, 6) is -0.674. The Kier molecular flexibility index (Phi) is 5.11. The van der Waals surface area contributed by atoms with Crippen LogP contribution < -0.4 is 5.32 Å². The lowest BCUT2D eigenvalue weighted by molar-refractivity contribution is -0.141. The quantitative estimate of drug-likeness (QED) is 0.477. The number of nitrogens with one attached hydrogen (secondary N) is 1. The highest BCUT2D eigenvalue weighted by Crippen LogP contribution is 2.26. The van der Waals surface area contributed by atoms with E-state index in [2.05, 4.69) is 14.8 Å². The fraction of sp³-hybridized carbons (Fsp3) is 0.750. The largest absolute Gasteiger partial charge is 0.516 e. The van der Waals surface area contributed by atoms with Crippen LogP contribution in [0.5, 0.6) is 0 Å². The topological polar surface area (TPSA) is 64.6 Å². The number of hydrogen-bond acceptors (Lipinski definition) is 5. The maximum Gasteiger partial charge on any atom is 0.516 e. The maximum atomic E-state index is 11.3. The molecule has 1 heterocycles. The van der Waals surface area contributed by atoms with Gasteiger partial charge in [-0.15, -0.1) is 0 Å². The van der Waals surface area contributed by atoms with Crippen molar-refractivity contribution in [2.75, 3.05) is 13.2 Å². The van der Waals surface area contributed by atoms with Crippen molar-refractivity contribution in [1.82, 2.24) is 5.32 Å². The van der Waals surface area contributed by atoms with Crippen LogP contribution >= 0.6 is 34.8 Å². The van der Waals surface area contributed by atoms with Crippen LogP contribution in [0.4, 0.5) is 4.79 Å². The van der Waals surface area contributed by atoms with Gasteiger partial charge in [-0.3, -0.25) is 0 Å². The molecule has 0 spiro atoms. The van der Waals surface area contributed by atoms with Gasteiger partial charge in [-0.25, -0.2) is 9.59 Å². The zero-order valence-electron chi connectivity index (χ0n) is 8.17. The predicted molar refractivity (Wildman–Crippen MR) is 58.8 cm³/mol. The standard InChI is InChI=1S/C8H10Cl3NO4/c9-8(10,11)4-15-7(14)16-6(13)5-2-1-3-12-5/h5,12H,1-4H2/t5-/m0/s1. The Morgan fingerprint density at radius 2 is 2.06 bits per heavy atom. The van der Waals surface area contributed by atoms with E-state index in [0.29, 0.717) is 6.42 Å². The molecule has 0 aliphatic carbocycles. The molecule has 0 aromatic rings. The second-order valence-electron chi connectivity index (χ2n) is 3.22. The van der Waals surface area contributed by atoms with Gasteiger partial charge in [0.2, 0.25) is 3.79 Å². The lowest BCUT2D eigenvalue weighted by Gasteiger charge is -2.12. The Balaban J connectivity index is 2.25. The number of alkyl halides is 3. The van der Waals surface area contributed by atoms with E-state index in [1.165, 1.54) is 0 Å². The summed E-state index contributed by atoms with van der Waals surface area (Å²) in [7, 11) is 0. The second kappa shape index (κ2) is 5.91. The molecule has 0 amide bonds. The molecule has 92 valence electrons. The van der Waals surface area contributed by atoms with Crippen molar-refractivity contribution in [2.24, 2.45) is 0 Å². The molecule has 1 saturated heterocycles. The molecule has 1 aliphatic heterocycles. The molecule has 0 saturated carbocycles. The predicted octanol–water partition coefficient (Wildman–Crippen LogP) is 1.79. The van der Waals surface area contributed by atoms with Crippen molar-refractivity contribution >= 4 is 46.9 Å². The summed E-state index contributed by atoms with van der Waals surface area (Å²) in [5, 5.41) is 2.87. The fourth-order valence-corrected chi connectivity index (χ4v) is 1.37. The van der Waals surface area contributed by atoms with E-state index in [9.17, 15) is 9.59 Å². The van der Waals surface area contributed by atoms with Crippen LogP contribution in [-0.2, 0) is 14.3 Å². The summed E-state index contributed by atoms with van der Waals surface area (Å²) < 4.78 is 7.11. The van der Waals surface area contributed by atoms with Crippen molar-refractivity contribution in [3.8, 4) is 0 Å². The van der Waals surface area contributed by atoms with Gasteiger partial charge in [0.05, 0.1) is 0 Å². The highest BCUT2D eigenvalue weighted by Gasteiger charge is 2.28. The van der Waals surface area contributed by atoms with Crippen molar-refractivity contribution in [3.63, 3.8) is 0 Å². The second-order valence-corrected chi connectivity index (χ2v) is 5.74. The highest BCUT2D eigenvalue weighted by atomic mass is 35.6. The Morgan fingerprint density at radius 1 is 1.38 bits per heavy atom. The number of rotatable bonds is 2. The smallest absolute Gasteiger partial charge is 0.429 e. The van der Waals surface area contributed by atoms with Crippen molar-refractivity contribution < 1.29 is 19.1 Å². The van der Waals surface area contributed by atoms with Crippen LogP contribution in [0.25, 0.3) is 0 Å². The summed E-state index contributed by atoms with van der Waals surface area (Å²) in [4.78, 5) is 22.3. The van der Waals surface area contributed by atoms with Crippen molar-refractivity contribution in [3.05, 3.63) is 0 Å². The molecule has 0 radical (unpaired) electrons. The van der Waals surface area contributed by atoms with Gasteiger partial charge in [0.15, 0.2) is 0 Å². The Labute approximate surface area is 107 Å². The first-order valence-electron chi connectivity index (χ1n) is 4.57. The van der Waals surface area contributed by atoms with Gasteiger partial charge in [-0.2, -0.15) is 0 Å². The van der Waals surface area contributed by atoms with Gasteiger partial charge in [0.1, 0.15) is 12.6 Å². The molecule has 5 nitrogen and oxygen atoms in total. The van der Waals surface area contributed by atoms with Crippen LogP contribution in [0.1, 0.15) is 12.8 Å². The molecule has 1 fully saturated rings. The summed E-state index contributed by atoms with van der Waals surface area (Å²) in [6, 6.07) is -0.458. The number of carbonyl (C=O) groups excluding carboxylic acids is 2. The zero-order chi connectivity index (χ0) is 12.2. The molecule has 16 heavy (non-hydrogen) atoms. The van der Waals surface area contributed by atoms with Crippen LogP contribution in [0.3, 0.4) is 0 Å². The first kappa shape index (κ1) is 13.8. The Hall–Kier alpha value is -0.230. The molecule has 0 unspecified atom stereocenters. The Morgan fingerprint density at radius 3 is 2.56 bits per heavy atom. The number of carbonyl (C=O) groups is 2. The lowest BCUT2D eigenvalue weighted by Crippen LogP contribution is -2.34. The van der Waals surface area contributed by atoms with Crippen molar-refractivity contribution in [1.29, 1.82) is 0 Å². The summed E-state index contributed by atoms with van der Waals surface area (Å²) >= 11 is 16.0. The van der Waals surface area contributed by atoms with E-state index in [1.54, 1.807) is 0 Å². The van der Waals surface area contributed by atoms with Crippen molar-refractivity contribution in [2.45, 2.75) is 22.7 Å². The highest BCUT2D eigenvalue weighted by molar-refractivity contribution is 6.67. The molecule has 1 atom stereocenters. The van der Waals surface area contributed by atoms with Crippen LogP contribution in [0.15, 0.2) is 0 Å². The SMILES string of the molecule is O=C(OCC(Cl)(Cl)Cl)OC(=O)[C@@H]1CCCN1. The third-order valence-electron chi connectivity index (χ3n) is 1.88. The molecule has 0 bridgehead atoms. The van der Waals surface area contributed by atoms with E-state index in [-0.39, 0.29) is 0 Å². The molecule has 0 aromatic heterocycles. The third-order valence-corrected chi connectivity index (χ3v) is 2.21. The molecular weight excluding hydrogens is 280 g/mol. The summed E-state index contributed by atoms with van der Waals surface area (Å²) in [6.07, 6.45) is 0.338. The summed E-state index contributed by atoms with van der Waals surface area (Å²) in [5.41, 5.74) is 0. The van der Waals surface area contributed by atoms with E-state index >= 15 is 0 Å². The normalized spacial score (nSPS) is 20.6. The van der Waals surface area contributed by atoms with Crippen LogP contribution in [0, 0.1) is 0 Å². The number of esters is 1. The van der Waals surface area contributed by atoms with Gasteiger partial charge in [0.25, 0.3) is 0 Å². The first-order valence-corrected chi connectivity index (χ1v) is 5.70. The van der Waals surface area contributed by atoms with Gasteiger partial charge in [-0.05, 0) is 19.4 Å². The maximum absolute atomic E-state index is 11.3.